The summed E-state index contributed by atoms with van der Waals surface area (Å²) >= 11 is 1.28. The third-order valence-electron chi connectivity index (χ3n) is 3.25. The highest BCUT2D eigenvalue weighted by Crippen LogP contribution is 2.29. The zero-order valence-corrected chi connectivity index (χ0v) is 12.7. The minimum atomic E-state index is -1.03. The molecule has 0 aliphatic rings. The molecule has 0 radical (unpaired) electrons. The fourth-order valence-corrected chi connectivity index (χ4v) is 3.13. The zero-order chi connectivity index (χ0) is 15.4. The van der Waals surface area contributed by atoms with Gasteiger partial charge in [0.25, 0.3) is 0 Å². The first-order chi connectivity index (χ1) is 10.0. The lowest BCUT2D eigenvalue weighted by atomic mass is 9.96. The quantitative estimate of drug-likeness (QED) is 0.880. The predicted octanol–water partition coefficient (Wildman–Crippen LogP) is 3.89. The van der Waals surface area contributed by atoms with Gasteiger partial charge in [0.2, 0.25) is 5.91 Å². The fourth-order valence-electron chi connectivity index (χ4n) is 2.22. The standard InChI is InChI=1S/C16H17NO3S/c1-3-12(11-7-5-4-6-8-11)14(18)17-15-13(16(19)20)9-10(2)21-15/h4-9,12H,3H2,1-2H3,(H,17,18)(H,19,20). The molecule has 0 bridgehead atoms. The van der Waals surface area contributed by atoms with Crippen LogP contribution in [-0.2, 0) is 4.79 Å². The van der Waals surface area contributed by atoms with E-state index in [9.17, 15) is 9.59 Å². The zero-order valence-electron chi connectivity index (χ0n) is 11.9. The van der Waals surface area contributed by atoms with Crippen LogP contribution in [0.5, 0.6) is 0 Å². The molecule has 0 fully saturated rings. The summed E-state index contributed by atoms with van der Waals surface area (Å²) in [4.78, 5) is 24.5. The van der Waals surface area contributed by atoms with Crippen molar-refractivity contribution >= 4 is 28.2 Å². The maximum atomic E-state index is 12.4. The van der Waals surface area contributed by atoms with Crippen LogP contribution in [0.3, 0.4) is 0 Å². The van der Waals surface area contributed by atoms with Gasteiger partial charge in [-0.3, -0.25) is 4.79 Å². The molecule has 0 aliphatic carbocycles. The lowest BCUT2D eigenvalue weighted by molar-refractivity contribution is -0.117. The van der Waals surface area contributed by atoms with Crippen molar-refractivity contribution in [1.82, 2.24) is 0 Å². The van der Waals surface area contributed by atoms with Crippen LogP contribution >= 0.6 is 11.3 Å². The van der Waals surface area contributed by atoms with E-state index >= 15 is 0 Å². The van der Waals surface area contributed by atoms with Crippen molar-refractivity contribution in [3.63, 3.8) is 0 Å². The number of carboxylic acid groups (broad SMARTS) is 1. The van der Waals surface area contributed by atoms with Crippen molar-refractivity contribution in [2.24, 2.45) is 0 Å². The molecule has 21 heavy (non-hydrogen) atoms. The van der Waals surface area contributed by atoms with Crippen molar-refractivity contribution in [1.29, 1.82) is 0 Å². The molecule has 0 saturated carbocycles. The van der Waals surface area contributed by atoms with E-state index in [0.717, 1.165) is 10.4 Å². The third-order valence-corrected chi connectivity index (χ3v) is 4.22. The van der Waals surface area contributed by atoms with Crippen LogP contribution in [0.25, 0.3) is 0 Å². The van der Waals surface area contributed by atoms with Crippen LogP contribution in [0.4, 0.5) is 5.00 Å². The number of carbonyl (C=O) groups excluding carboxylic acids is 1. The second kappa shape index (κ2) is 6.54. The van der Waals surface area contributed by atoms with Gasteiger partial charge in [-0.25, -0.2) is 4.79 Å². The Kier molecular flexibility index (Phi) is 4.75. The minimum Gasteiger partial charge on any atom is -0.478 e. The van der Waals surface area contributed by atoms with E-state index in [4.69, 9.17) is 5.11 Å². The third kappa shape index (κ3) is 3.49. The van der Waals surface area contributed by atoms with Crippen molar-refractivity contribution in [3.8, 4) is 0 Å². The lowest BCUT2D eigenvalue weighted by Crippen LogP contribution is -2.21. The number of benzene rings is 1. The first-order valence-electron chi connectivity index (χ1n) is 6.72. The van der Waals surface area contributed by atoms with Gasteiger partial charge in [-0.15, -0.1) is 11.3 Å². The molecule has 2 N–H and O–H groups in total. The van der Waals surface area contributed by atoms with E-state index in [1.807, 2.05) is 44.2 Å². The van der Waals surface area contributed by atoms with Crippen molar-refractivity contribution in [3.05, 3.63) is 52.4 Å². The van der Waals surface area contributed by atoms with E-state index in [2.05, 4.69) is 5.32 Å². The molecule has 2 aromatic rings. The Hall–Kier alpha value is -2.14. The number of aryl methyl sites for hydroxylation is 1. The number of amides is 1. The number of thiophene rings is 1. The van der Waals surface area contributed by atoms with Crippen molar-refractivity contribution in [2.45, 2.75) is 26.2 Å². The largest absolute Gasteiger partial charge is 0.478 e. The number of anilines is 1. The second-order valence-corrected chi connectivity index (χ2v) is 6.02. The number of hydrogen-bond acceptors (Lipinski definition) is 3. The Bertz CT molecular complexity index is 649. The Balaban J connectivity index is 2.23. The molecule has 1 amide bonds. The Labute approximate surface area is 127 Å². The van der Waals surface area contributed by atoms with Gasteiger partial charge in [-0.2, -0.15) is 0 Å². The number of hydrogen-bond donors (Lipinski definition) is 2. The molecule has 0 aliphatic heterocycles. The van der Waals surface area contributed by atoms with Crippen LogP contribution in [-0.4, -0.2) is 17.0 Å². The summed E-state index contributed by atoms with van der Waals surface area (Å²) in [6.07, 6.45) is 0.655. The average molecular weight is 303 g/mol. The highest BCUT2D eigenvalue weighted by molar-refractivity contribution is 7.16. The van der Waals surface area contributed by atoms with Gasteiger partial charge in [0.1, 0.15) is 5.00 Å². The van der Waals surface area contributed by atoms with Gasteiger partial charge in [0.15, 0.2) is 0 Å². The molecular formula is C16H17NO3S. The van der Waals surface area contributed by atoms with Gasteiger partial charge >= 0.3 is 5.97 Å². The lowest BCUT2D eigenvalue weighted by Gasteiger charge is -2.15. The molecule has 110 valence electrons. The molecule has 1 atom stereocenters. The van der Waals surface area contributed by atoms with E-state index < -0.39 is 5.97 Å². The molecule has 2 rings (SSSR count). The van der Waals surface area contributed by atoms with Crippen LogP contribution in [0.1, 0.15) is 40.1 Å². The highest BCUT2D eigenvalue weighted by atomic mass is 32.1. The minimum absolute atomic E-state index is 0.147. The summed E-state index contributed by atoms with van der Waals surface area (Å²) in [7, 11) is 0. The first-order valence-corrected chi connectivity index (χ1v) is 7.54. The topological polar surface area (TPSA) is 66.4 Å². The van der Waals surface area contributed by atoms with Gasteiger partial charge in [0.05, 0.1) is 11.5 Å². The van der Waals surface area contributed by atoms with Crippen LogP contribution in [0.2, 0.25) is 0 Å². The summed E-state index contributed by atoms with van der Waals surface area (Å²) < 4.78 is 0. The molecule has 1 heterocycles. The number of aromatic carboxylic acids is 1. The number of rotatable bonds is 5. The van der Waals surface area contributed by atoms with E-state index in [1.165, 1.54) is 11.3 Å². The smallest absolute Gasteiger partial charge is 0.338 e. The van der Waals surface area contributed by atoms with E-state index in [0.29, 0.717) is 11.4 Å². The summed E-state index contributed by atoms with van der Waals surface area (Å²) in [6, 6.07) is 11.1. The Morgan fingerprint density at radius 3 is 2.52 bits per heavy atom. The molecule has 4 nitrogen and oxygen atoms in total. The number of carboxylic acids is 1. The Morgan fingerprint density at radius 1 is 1.29 bits per heavy atom. The summed E-state index contributed by atoms with van der Waals surface area (Å²) in [5, 5.41) is 12.3. The Morgan fingerprint density at radius 2 is 1.95 bits per heavy atom. The molecular weight excluding hydrogens is 286 g/mol. The number of nitrogens with one attached hydrogen (secondary N) is 1. The van der Waals surface area contributed by atoms with E-state index in [1.54, 1.807) is 6.07 Å². The predicted molar refractivity (Wildman–Crippen MR) is 84.1 cm³/mol. The molecule has 5 heteroatoms. The summed E-state index contributed by atoms with van der Waals surface area (Å²) in [5.41, 5.74) is 1.08. The van der Waals surface area contributed by atoms with Gasteiger partial charge < -0.3 is 10.4 Å². The summed E-state index contributed by atoms with van der Waals surface area (Å²) in [6.45, 7) is 3.76. The van der Waals surface area contributed by atoms with Crippen molar-refractivity contribution in [2.75, 3.05) is 5.32 Å². The molecule has 0 saturated heterocycles. The second-order valence-electron chi connectivity index (χ2n) is 4.77. The molecule has 1 aromatic heterocycles. The average Bonchev–Trinajstić information content (AvgIpc) is 2.82. The maximum Gasteiger partial charge on any atom is 0.338 e. The van der Waals surface area contributed by atoms with Gasteiger partial charge in [-0.05, 0) is 25.0 Å². The van der Waals surface area contributed by atoms with Crippen LogP contribution in [0, 0.1) is 6.92 Å². The number of carbonyl (C=O) groups is 2. The molecule has 0 spiro atoms. The fraction of sp³-hybridized carbons (Fsp3) is 0.250. The normalized spacial score (nSPS) is 11.9. The first kappa shape index (κ1) is 15.3. The maximum absolute atomic E-state index is 12.4. The monoisotopic (exact) mass is 303 g/mol. The van der Waals surface area contributed by atoms with Gasteiger partial charge in [-0.1, -0.05) is 37.3 Å². The SMILES string of the molecule is CCC(C(=O)Nc1sc(C)cc1C(=O)O)c1ccccc1. The summed E-state index contributed by atoms with van der Waals surface area (Å²) in [5.74, 6) is -1.48. The molecule has 1 unspecified atom stereocenters. The van der Waals surface area contributed by atoms with Crippen LogP contribution < -0.4 is 5.32 Å². The molecule has 1 aromatic carbocycles. The van der Waals surface area contributed by atoms with Crippen molar-refractivity contribution < 1.29 is 14.7 Å². The van der Waals surface area contributed by atoms with Crippen LogP contribution in [0.15, 0.2) is 36.4 Å². The highest BCUT2D eigenvalue weighted by Gasteiger charge is 2.22. The van der Waals surface area contributed by atoms with E-state index in [-0.39, 0.29) is 17.4 Å². The van der Waals surface area contributed by atoms with Gasteiger partial charge in [0, 0.05) is 4.88 Å².